The molecule has 3 aromatic rings. The first-order chi connectivity index (χ1) is 8.40. The number of benzene rings is 1. The molecule has 2 heterocycles. The smallest absolute Gasteiger partial charge is 0.0741 e. The van der Waals surface area contributed by atoms with Crippen molar-refractivity contribution in [1.29, 1.82) is 0 Å². The number of pyridine rings is 1. The van der Waals surface area contributed by atoms with E-state index in [1.54, 1.807) is 12.4 Å². The van der Waals surface area contributed by atoms with E-state index in [0.29, 0.717) is 6.54 Å². The van der Waals surface area contributed by atoms with Crippen LogP contribution >= 0.6 is 0 Å². The van der Waals surface area contributed by atoms with Gasteiger partial charge in [0, 0.05) is 29.9 Å². The zero-order chi connectivity index (χ0) is 11.7. The van der Waals surface area contributed by atoms with Gasteiger partial charge in [0.1, 0.15) is 0 Å². The Kier molecular flexibility index (Phi) is 2.34. The average molecular weight is 224 g/mol. The molecule has 0 fully saturated rings. The molecule has 0 saturated heterocycles. The molecule has 0 aliphatic heterocycles. The highest BCUT2D eigenvalue weighted by Gasteiger charge is 2.07. The molecule has 1 aromatic carbocycles. The highest BCUT2D eigenvalue weighted by molar-refractivity contribution is 5.80. The van der Waals surface area contributed by atoms with Gasteiger partial charge < -0.3 is 5.73 Å². The van der Waals surface area contributed by atoms with Crippen LogP contribution in [0.25, 0.3) is 16.6 Å². The number of aromatic nitrogens is 3. The van der Waals surface area contributed by atoms with E-state index < -0.39 is 0 Å². The van der Waals surface area contributed by atoms with Crippen LogP contribution in [0.1, 0.15) is 5.56 Å². The van der Waals surface area contributed by atoms with E-state index in [4.69, 9.17) is 5.73 Å². The molecule has 0 bridgehead atoms. The Labute approximate surface area is 98.7 Å². The van der Waals surface area contributed by atoms with Gasteiger partial charge in [-0.15, -0.1) is 0 Å². The van der Waals surface area contributed by atoms with Gasteiger partial charge in [-0.25, -0.2) is 4.68 Å². The largest absolute Gasteiger partial charge is 0.326 e. The van der Waals surface area contributed by atoms with Gasteiger partial charge in [0.25, 0.3) is 0 Å². The predicted octanol–water partition coefficient (Wildman–Crippen LogP) is 1.88. The Morgan fingerprint density at radius 1 is 1.12 bits per heavy atom. The first-order valence-electron chi connectivity index (χ1n) is 5.46. The van der Waals surface area contributed by atoms with Crippen molar-refractivity contribution >= 4 is 10.9 Å². The van der Waals surface area contributed by atoms with E-state index in [2.05, 4.69) is 10.1 Å². The molecule has 0 radical (unpaired) electrons. The highest BCUT2D eigenvalue weighted by atomic mass is 15.3. The van der Waals surface area contributed by atoms with Gasteiger partial charge in [0.2, 0.25) is 0 Å². The average Bonchev–Trinajstić information content (AvgIpc) is 2.82. The van der Waals surface area contributed by atoms with Crippen LogP contribution in [0.4, 0.5) is 0 Å². The molecule has 4 heteroatoms. The van der Waals surface area contributed by atoms with Gasteiger partial charge in [-0.1, -0.05) is 18.2 Å². The first kappa shape index (κ1) is 9.99. The highest BCUT2D eigenvalue weighted by Crippen LogP contribution is 2.19. The molecule has 0 saturated carbocycles. The standard InChI is InChI=1S/C13H12N4/c14-7-11-8-15-6-5-13(11)17-12-4-2-1-3-10(12)9-16-17/h1-6,8-9H,7,14H2. The molecule has 0 spiro atoms. The Hall–Kier alpha value is -2.20. The summed E-state index contributed by atoms with van der Waals surface area (Å²) in [6.45, 7) is 0.456. The molecule has 2 aromatic heterocycles. The number of nitrogens with two attached hydrogens (primary N) is 1. The molecule has 0 amide bonds. The zero-order valence-corrected chi connectivity index (χ0v) is 9.24. The maximum Gasteiger partial charge on any atom is 0.0741 e. The maximum atomic E-state index is 5.72. The van der Waals surface area contributed by atoms with Gasteiger partial charge in [0.15, 0.2) is 0 Å². The van der Waals surface area contributed by atoms with Crippen LogP contribution in [-0.4, -0.2) is 14.8 Å². The lowest BCUT2D eigenvalue weighted by Crippen LogP contribution is -2.05. The van der Waals surface area contributed by atoms with Crippen molar-refractivity contribution in [2.75, 3.05) is 0 Å². The number of para-hydroxylation sites is 1. The summed E-state index contributed by atoms with van der Waals surface area (Å²) >= 11 is 0. The third-order valence-corrected chi connectivity index (χ3v) is 2.80. The van der Waals surface area contributed by atoms with Crippen molar-refractivity contribution in [3.05, 3.63) is 54.5 Å². The van der Waals surface area contributed by atoms with Crippen molar-refractivity contribution in [2.24, 2.45) is 5.73 Å². The first-order valence-corrected chi connectivity index (χ1v) is 5.46. The van der Waals surface area contributed by atoms with Crippen molar-refractivity contribution < 1.29 is 0 Å². The minimum Gasteiger partial charge on any atom is -0.326 e. The molecule has 3 rings (SSSR count). The van der Waals surface area contributed by atoms with E-state index in [1.165, 1.54) is 0 Å². The second kappa shape index (κ2) is 3.99. The molecule has 84 valence electrons. The minimum absolute atomic E-state index is 0.456. The van der Waals surface area contributed by atoms with Crippen LogP contribution in [0.3, 0.4) is 0 Å². The molecule has 0 atom stereocenters. The van der Waals surface area contributed by atoms with Crippen LogP contribution in [-0.2, 0) is 6.54 Å². The van der Waals surface area contributed by atoms with Gasteiger partial charge >= 0.3 is 0 Å². The lowest BCUT2D eigenvalue weighted by Gasteiger charge is -2.07. The van der Waals surface area contributed by atoms with Crippen molar-refractivity contribution in [3.8, 4) is 5.69 Å². The normalized spacial score (nSPS) is 10.9. The van der Waals surface area contributed by atoms with E-state index in [-0.39, 0.29) is 0 Å². The number of hydrogen-bond donors (Lipinski definition) is 1. The summed E-state index contributed by atoms with van der Waals surface area (Å²) in [5.41, 5.74) is 8.77. The second-order valence-corrected chi connectivity index (χ2v) is 3.82. The molecule has 4 nitrogen and oxygen atoms in total. The number of hydrogen-bond acceptors (Lipinski definition) is 3. The number of rotatable bonds is 2. The number of fused-ring (bicyclic) bond motifs is 1. The van der Waals surface area contributed by atoms with Crippen LogP contribution < -0.4 is 5.73 Å². The van der Waals surface area contributed by atoms with Gasteiger partial charge in [-0.2, -0.15) is 5.10 Å². The Balaban J connectivity index is 2.27. The fraction of sp³-hybridized carbons (Fsp3) is 0.0769. The maximum absolute atomic E-state index is 5.72. The fourth-order valence-corrected chi connectivity index (χ4v) is 1.95. The fourth-order valence-electron chi connectivity index (χ4n) is 1.95. The van der Waals surface area contributed by atoms with E-state index in [9.17, 15) is 0 Å². The Bertz CT molecular complexity index is 657. The van der Waals surface area contributed by atoms with Crippen molar-refractivity contribution in [3.63, 3.8) is 0 Å². The van der Waals surface area contributed by atoms with Gasteiger partial charge in [0.05, 0.1) is 17.4 Å². The van der Waals surface area contributed by atoms with E-state index in [0.717, 1.165) is 22.2 Å². The quantitative estimate of drug-likeness (QED) is 0.723. The molecule has 0 aliphatic rings. The summed E-state index contributed by atoms with van der Waals surface area (Å²) in [6, 6.07) is 10.0. The van der Waals surface area contributed by atoms with E-state index in [1.807, 2.05) is 41.2 Å². The van der Waals surface area contributed by atoms with Crippen LogP contribution in [0.15, 0.2) is 48.9 Å². The van der Waals surface area contributed by atoms with Crippen LogP contribution in [0.2, 0.25) is 0 Å². The number of nitrogens with zero attached hydrogens (tertiary/aromatic N) is 3. The third-order valence-electron chi connectivity index (χ3n) is 2.80. The molecular weight excluding hydrogens is 212 g/mol. The molecule has 17 heavy (non-hydrogen) atoms. The van der Waals surface area contributed by atoms with Crippen LogP contribution in [0.5, 0.6) is 0 Å². The second-order valence-electron chi connectivity index (χ2n) is 3.82. The molecular formula is C13H12N4. The third kappa shape index (κ3) is 1.59. The lowest BCUT2D eigenvalue weighted by molar-refractivity contribution is 0.878. The van der Waals surface area contributed by atoms with Crippen molar-refractivity contribution in [1.82, 2.24) is 14.8 Å². The summed E-state index contributed by atoms with van der Waals surface area (Å²) in [4.78, 5) is 4.09. The summed E-state index contributed by atoms with van der Waals surface area (Å²) < 4.78 is 1.90. The van der Waals surface area contributed by atoms with Crippen LogP contribution in [0, 0.1) is 0 Å². The SMILES string of the molecule is NCc1cnccc1-n1ncc2ccccc21. The monoisotopic (exact) mass is 224 g/mol. The summed E-state index contributed by atoms with van der Waals surface area (Å²) in [5.74, 6) is 0. The van der Waals surface area contributed by atoms with Crippen molar-refractivity contribution in [2.45, 2.75) is 6.54 Å². The molecule has 0 unspecified atom stereocenters. The molecule has 0 aliphatic carbocycles. The Morgan fingerprint density at radius 3 is 2.88 bits per heavy atom. The van der Waals surface area contributed by atoms with Gasteiger partial charge in [-0.3, -0.25) is 4.98 Å². The Morgan fingerprint density at radius 2 is 2.00 bits per heavy atom. The zero-order valence-electron chi connectivity index (χ0n) is 9.24. The lowest BCUT2D eigenvalue weighted by atomic mass is 10.2. The minimum atomic E-state index is 0.456. The van der Waals surface area contributed by atoms with E-state index >= 15 is 0 Å². The topological polar surface area (TPSA) is 56.7 Å². The summed E-state index contributed by atoms with van der Waals surface area (Å²) in [6.07, 6.45) is 5.40. The predicted molar refractivity (Wildman–Crippen MR) is 66.8 cm³/mol. The van der Waals surface area contributed by atoms with Gasteiger partial charge in [-0.05, 0) is 12.1 Å². The molecule has 2 N–H and O–H groups in total. The summed E-state index contributed by atoms with van der Waals surface area (Å²) in [7, 11) is 0. The summed E-state index contributed by atoms with van der Waals surface area (Å²) in [5, 5.41) is 5.53.